The van der Waals surface area contributed by atoms with Gasteiger partial charge in [0.2, 0.25) is 0 Å². The monoisotopic (exact) mass is 322 g/mol. The number of nitrogens with one attached hydrogen (secondary N) is 1. The molecule has 0 spiro atoms. The summed E-state index contributed by atoms with van der Waals surface area (Å²) in [7, 11) is 0. The standard InChI is InChI=1S/C14H15BrN2S/c1-9-4-5-10(15)7-11(9)13-8-18-14(17-13)12-3-2-6-16-12/h4-5,7-8,12,16H,2-3,6H2,1H3. The Balaban J connectivity index is 1.94. The lowest BCUT2D eigenvalue weighted by Crippen LogP contribution is -2.12. The van der Waals surface area contributed by atoms with Gasteiger partial charge in [0.1, 0.15) is 5.01 Å². The first-order valence-electron chi connectivity index (χ1n) is 6.19. The molecule has 0 saturated carbocycles. The Hall–Kier alpha value is -0.710. The number of benzene rings is 1. The molecule has 94 valence electrons. The predicted octanol–water partition coefficient (Wildman–Crippen LogP) is 4.31. The number of aryl methyl sites for hydroxylation is 1. The van der Waals surface area contributed by atoms with E-state index in [4.69, 9.17) is 4.98 Å². The molecule has 1 unspecified atom stereocenters. The number of hydrogen-bond donors (Lipinski definition) is 1. The van der Waals surface area contributed by atoms with E-state index < -0.39 is 0 Å². The van der Waals surface area contributed by atoms with Gasteiger partial charge < -0.3 is 5.32 Å². The number of nitrogens with zero attached hydrogens (tertiary/aromatic N) is 1. The SMILES string of the molecule is Cc1ccc(Br)cc1-c1csc(C2CCCN2)n1. The summed E-state index contributed by atoms with van der Waals surface area (Å²) < 4.78 is 1.11. The molecule has 1 aromatic heterocycles. The summed E-state index contributed by atoms with van der Waals surface area (Å²) in [6.45, 7) is 3.25. The normalized spacial score (nSPS) is 19.3. The van der Waals surface area contributed by atoms with Crippen molar-refractivity contribution in [3.05, 3.63) is 38.6 Å². The zero-order valence-corrected chi connectivity index (χ0v) is 12.6. The van der Waals surface area contributed by atoms with Crippen LogP contribution in [0.25, 0.3) is 11.3 Å². The average Bonchev–Trinajstić information content (AvgIpc) is 3.00. The second-order valence-electron chi connectivity index (χ2n) is 4.68. The first-order chi connectivity index (χ1) is 8.74. The van der Waals surface area contributed by atoms with E-state index in [0.29, 0.717) is 6.04 Å². The van der Waals surface area contributed by atoms with Crippen LogP contribution in [0.4, 0.5) is 0 Å². The van der Waals surface area contributed by atoms with E-state index >= 15 is 0 Å². The Kier molecular flexibility index (Phi) is 3.50. The molecule has 1 aliphatic heterocycles. The Bertz CT molecular complexity index is 559. The zero-order chi connectivity index (χ0) is 12.5. The van der Waals surface area contributed by atoms with Crippen LogP contribution in [0.15, 0.2) is 28.1 Å². The van der Waals surface area contributed by atoms with E-state index in [0.717, 1.165) is 16.7 Å². The topological polar surface area (TPSA) is 24.9 Å². The second-order valence-corrected chi connectivity index (χ2v) is 6.48. The molecule has 1 fully saturated rings. The molecule has 0 radical (unpaired) electrons. The molecule has 4 heteroatoms. The van der Waals surface area contributed by atoms with Crippen molar-refractivity contribution in [2.24, 2.45) is 0 Å². The third-order valence-corrected chi connectivity index (χ3v) is 4.81. The highest BCUT2D eigenvalue weighted by Gasteiger charge is 2.19. The fourth-order valence-electron chi connectivity index (χ4n) is 2.34. The maximum absolute atomic E-state index is 4.80. The van der Waals surface area contributed by atoms with Crippen LogP contribution in [-0.2, 0) is 0 Å². The summed E-state index contributed by atoms with van der Waals surface area (Å²) in [4.78, 5) is 4.80. The van der Waals surface area contributed by atoms with Crippen LogP contribution >= 0.6 is 27.3 Å². The van der Waals surface area contributed by atoms with E-state index in [1.807, 2.05) is 0 Å². The fraction of sp³-hybridized carbons (Fsp3) is 0.357. The molecule has 2 nitrogen and oxygen atoms in total. The van der Waals surface area contributed by atoms with E-state index in [9.17, 15) is 0 Å². The molecule has 1 atom stereocenters. The van der Waals surface area contributed by atoms with Gasteiger partial charge in [0.05, 0.1) is 11.7 Å². The highest BCUT2D eigenvalue weighted by molar-refractivity contribution is 9.10. The lowest BCUT2D eigenvalue weighted by molar-refractivity contribution is 0.643. The predicted molar refractivity (Wildman–Crippen MR) is 80.0 cm³/mol. The van der Waals surface area contributed by atoms with Crippen molar-refractivity contribution < 1.29 is 0 Å². The number of rotatable bonds is 2. The van der Waals surface area contributed by atoms with Gasteiger partial charge in [-0.25, -0.2) is 4.98 Å². The van der Waals surface area contributed by atoms with E-state index in [-0.39, 0.29) is 0 Å². The minimum Gasteiger partial charge on any atom is -0.308 e. The van der Waals surface area contributed by atoms with Crippen molar-refractivity contribution in [3.8, 4) is 11.3 Å². The highest BCUT2D eigenvalue weighted by Crippen LogP contribution is 2.32. The Morgan fingerprint density at radius 3 is 3.11 bits per heavy atom. The van der Waals surface area contributed by atoms with E-state index in [1.54, 1.807) is 11.3 Å². The summed E-state index contributed by atoms with van der Waals surface area (Å²) >= 11 is 5.30. The summed E-state index contributed by atoms with van der Waals surface area (Å²) in [6, 6.07) is 6.82. The van der Waals surface area contributed by atoms with Crippen LogP contribution in [0.2, 0.25) is 0 Å². The summed E-state index contributed by atoms with van der Waals surface area (Å²) in [6.07, 6.45) is 2.47. The van der Waals surface area contributed by atoms with Crippen molar-refractivity contribution in [2.45, 2.75) is 25.8 Å². The van der Waals surface area contributed by atoms with Crippen LogP contribution in [0.1, 0.15) is 29.5 Å². The first-order valence-corrected chi connectivity index (χ1v) is 7.86. The van der Waals surface area contributed by atoms with Gasteiger partial charge >= 0.3 is 0 Å². The minimum atomic E-state index is 0.469. The Labute approximate surface area is 120 Å². The van der Waals surface area contributed by atoms with Crippen LogP contribution < -0.4 is 5.32 Å². The quantitative estimate of drug-likeness (QED) is 0.891. The van der Waals surface area contributed by atoms with Gasteiger partial charge in [-0.3, -0.25) is 0 Å². The summed E-state index contributed by atoms with van der Waals surface area (Å²) in [5.74, 6) is 0. The van der Waals surface area contributed by atoms with Gasteiger partial charge in [-0.05, 0) is 44.0 Å². The summed E-state index contributed by atoms with van der Waals surface area (Å²) in [5, 5.41) is 6.90. The van der Waals surface area contributed by atoms with Gasteiger partial charge in [-0.1, -0.05) is 22.0 Å². The van der Waals surface area contributed by atoms with Crippen LogP contribution in [0, 0.1) is 6.92 Å². The molecule has 18 heavy (non-hydrogen) atoms. The van der Waals surface area contributed by atoms with Gasteiger partial charge in [0, 0.05) is 15.4 Å². The highest BCUT2D eigenvalue weighted by atomic mass is 79.9. The molecule has 0 aliphatic carbocycles. The molecule has 1 N–H and O–H groups in total. The molecule has 1 saturated heterocycles. The van der Waals surface area contributed by atoms with Crippen LogP contribution in [-0.4, -0.2) is 11.5 Å². The molecule has 2 heterocycles. The number of aromatic nitrogens is 1. The van der Waals surface area contributed by atoms with Gasteiger partial charge in [0.15, 0.2) is 0 Å². The Morgan fingerprint density at radius 1 is 1.44 bits per heavy atom. The molecular formula is C14H15BrN2S. The number of hydrogen-bond acceptors (Lipinski definition) is 3. The van der Waals surface area contributed by atoms with Crippen molar-refractivity contribution in [3.63, 3.8) is 0 Å². The summed E-state index contributed by atoms with van der Waals surface area (Å²) in [5.41, 5.74) is 3.60. The molecule has 2 aromatic rings. The van der Waals surface area contributed by atoms with Gasteiger partial charge in [-0.15, -0.1) is 11.3 Å². The number of thiazole rings is 1. The Morgan fingerprint density at radius 2 is 2.33 bits per heavy atom. The molecule has 0 bridgehead atoms. The van der Waals surface area contributed by atoms with Crippen molar-refractivity contribution in [2.75, 3.05) is 6.54 Å². The second kappa shape index (κ2) is 5.11. The van der Waals surface area contributed by atoms with Gasteiger partial charge in [0.25, 0.3) is 0 Å². The maximum Gasteiger partial charge on any atom is 0.110 e. The fourth-order valence-corrected chi connectivity index (χ4v) is 3.63. The van der Waals surface area contributed by atoms with Crippen molar-refractivity contribution in [1.82, 2.24) is 10.3 Å². The molecule has 0 amide bonds. The third-order valence-electron chi connectivity index (χ3n) is 3.36. The lowest BCUT2D eigenvalue weighted by atomic mass is 10.1. The smallest absolute Gasteiger partial charge is 0.110 e. The number of halogens is 1. The van der Waals surface area contributed by atoms with Crippen LogP contribution in [0.5, 0.6) is 0 Å². The largest absolute Gasteiger partial charge is 0.308 e. The molecule has 1 aliphatic rings. The molecule has 1 aromatic carbocycles. The van der Waals surface area contributed by atoms with Crippen LogP contribution in [0.3, 0.4) is 0 Å². The van der Waals surface area contributed by atoms with Crippen molar-refractivity contribution >= 4 is 27.3 Å². The first kappa shape index (κ1) is 12.3. The zero-order valence-electron chi connectivity index (χ0n) is 10.2. The molecule has 3 rings (SSSR count). The minimum absolute atomic E-state index is 0.469. The average molecular weight is 323 g/mol. The van der Waals surface area contributed by atoms with E-state index in [1.165, 1.54) is 29.0 Å². The van der Waals surface area contributed by atoms with Gasteiger partial charge in [-0.2, -0.15) is 0 Å². The lowest BCUT2D eigenvalue weighted by Gasteiger charge is -2.05. The van der Waals surface area contributed by atoms with E-state index in [2.05, 4.69) is 51.7 Å². The third kappa shape index (κ3) is 2.37. The molecular weight excluding hydrogens is 308 g/mol. The van der Waals surface area contributed by atoms with Crippen molar-refractivity contribution in [1.29, 1.82) is 0 Å². The maximum atomic E-state index is 4.80.